The predicted molar refractivity (Wildman–Crippen MR) is 105 cm³/mol. The number of nitrogens with one attached hydrogen (secondary N) is 1. The van der Waals surface area contributed by atoms with Gasteiger partial charge in [-0.1, -0.05) is 17.7 Å². The fourth-order valence-corrected chi connectivity index (χ4v) is 5.32. The second-order valence-corrected chi connectivity index (χ2v) is 9.13. The quantitative estimate of drug-likeness (QED) is 0.856. The van der Waals surface area contributed by atoms with Crippen molar-refractivity contribution in [1.29, 1.82) is 0 Å². The van der Waals surface area contributed by atoms with Crippen LogP contribution >= 0.6 is 11.8 Å². The van der Waals surface area contributed by atoms with E-state index in [2.05, 4.69) is 9.71 Å². The Labute approximate surface area is 156 Å². The molecule has 2 aromatic rings. The molecule has 2 aromatic carbocycles. The van der Waals surface area contributed by atoms with Crippen LogP contribution in [-0.4, -0.2) is 31.8 Å². The minimum Gasteiger partial charge on any atom is -0.322 e. The van der Waals surface area contributed by atoms with Crippen LogP contribution in [0.4, 0.5) is 11.4 Å². The van der Waals surface area contributed by atoms with Gasteiger partial charge in [-0.3, -0.25) is 4.79 Å². The molecule has 2 heterocycles. The molecular formula is C18H17N3O3S2. The summed E-state index contributed by atoms with van der Waals surface area (Å²) in [6, 6.07) is 11.3. The molecule has 8 heteroatoms. The molecule has 2 aliphatic heterocycles. The Balaban J connectivity index is 1.60. The lowest BCUT2D eigenvalue weighted by atomic mass is 10.1. The molecule has 0 radical (unpaired) electrons. The number of hydrogen-bond donors (Lipinski definition) is 1. The van der Waals surface area contributed by atoms with Gasteiger partial charge in [0.2, 0.25) is 0 Å². The molecule has 4 rings (SSSR count). The zero-order valence-corrected chi connectivity index (χ0v) is 15.9. The molecule has 0 unspecified atom stereocenters. The lowest BCUT2D eigenvalue weighted by molar-refractivity contribution is 0.102. The number of sulfonamides is 1. The van der Waals surface area contributed by atoms with Gasteiger partial charge in [0, 0.05) is 22.7 Å². The van der Waals surface area contributed by atoms with Crippen LogP contribution in [0, 0.1) is 13.8 Å². The first-order valence-electron chi connectivity index (χ1n) is 8.13. The highest BCUT2D eigenvalue weighted by Crippen LogP contribution is 2.42. The zero-order valence-electron chi connectivity index (χ0n) is 14.3. The van der Waals surface area contributed by atoms with E-state index in [1.165, 1.54) is 11.8 Å². The highest BCUT2D eigenvalue weighted by molar-refractivity contribution is 8.15. The second-order valence-electron chi connectivity index (χ2n) is 6.37. The number of amides is 1. The monoisotopic (exact) mass is 387 g/mol. The van der Waals surface area contributed by atoms with Crippen molar-refractivity contribution in [2.24, 2.45) is 4.40 Å². The van der Waals surface area contributed by atoms with Crippen molar-refractivity contribution < 1.29 is 13.2 Å². The third kappa shape index (κ3) is 3.10. The maximum atomic E-state index is 12.6. The fraction of sp³-hybridized carbons (Fsp3) is 0.222. The number of anilines is 2. The van der Waals surface area contributed by atoms with Crippen molar-refractivity contribution in [3.8, 4) is 0 Å². The van der Waals surface area contributed by atoms with Crippen molar-refractivity contribution in [3.05, 3.63) is 53.1 Å². The van der Waals surface area contributed by atoms with E-state index in [1.54, 1.807) is 12.1 Å². The van der Waals surface area contributed by atoms with E-state index >= 15 is 0 Å². The summed E-state index contributed by atoms with van der Waals surface area (Å²) in [5.41, 5.74) is 4.35. The number of amidine groups is 1. The minimum absolute atomic E-state index is 0.00540. The Morgan fingerprint density at radius 2 is 2.00 bits per heavy atom. The standard InChI is InChI=1S/C18H17N3O3S2/c1-11-3-5-14(12(2)9-11)19-17(22)13-4-6-15-16(10-13)25-18-20-26(23,24)8-7-21(15)18/h3-6,9-10H,7-8H2,1-2H3,(H,19,22). The molecule has 0 spiro atoms. The van der Waals surface area contributed by atoms with Gasteiger partial charge < -0.3 is 10.2 Å². The van der Waals surface area contributed by atoms with Gasteiger partial charge in [-0.15, -0.1) is 4.40 Å². The van der Waals surface area contributed by atoms with E-state index in [0.717, 1.165) is 27.4 Å². The van der Waals surface area contributed by atoms with Crippen LogP contribution in [0.1, 0.15) is 21.5 Å². The topological polar surface area (TPSA) is 78.8 Å². The normalized spacial score (nSPS) is 17.3. The van der Waals surface area contributed by atoms with Crippen LogP contribution in [0.2, 0.25) is 0 Å². The summed E-state index contributed by atoms with van der Waals surface area (Å²) in [6.45, 7) is 4.35. The number of carbonyl (C=O) groups is 1. The Bertz CT molecular complexity index is 1060. The van der Waals surface area contributed by atoms with Crippen molar-refractivity contribution in [1.82, 2.24) is 0 Å². The summed E-state index contributed by atoms with van der Waals surface area (Å²) in [5.74, 6) is -0.189. The van der Waals surface area contributed by atoms with E-state index < -0.39 is 10.0 Å². The predicted octanol–water partition coefficient (Wildman–Crippen LogP) is 3.17. The van der Waals surface area contributed by atoms with Gasteiger partial charge in [-0.25, -0.2) is 8.42 Å². The lowest BCUT2D eigenvalue weighted by Gasteiger charge is -2.22. The third-order valence-electron chi connectivity index (χ3n) is 4.37. The van der Waals surface area contributed by atoms with Gasteiger partial charge in [-0.2, -0.15) is 0 Å². The first-order chi connectivity index (χ1) is 12.3. The van der Waals surface area contributed by atoms with Crippen LogP contribution in [0.15, 0.2) is 45.7 Å². The van der Waals surface area contributed by atoms with Gasteiger partial charge >= 0.3 is 0 Å². The number of aryl methyl sites for hydroxylation is 2. The molecule has 6 nitrogen and oxygen atoms in total. The average molecular weight is 387 g/mol. The number of thioether (sulfide) groups is 1. The summed E-state index contributed by atoms with van der Waals surface area (Å²) < 4.78 is 27.2. The molecule has 134 valence electrons. The van der Waals surface area contributed by atoms with Crippen molar-refractivity contribution >= 4 is 44.2 Å². The number of hydrogen-bond acceptors (Lipinski definition) is 5. The molecule has 1 amide bonds. The fourth-order valence-electron chi connectivity index (χ4n) is 3.02. The van der Waals surface area contributed by atoms with Crippen molar-refractivity contribution in [2.45, 2.75) is 18.7 Å². The molecule has 26 heavy (non-hydrogen) atoms. The van der Waals surface area contributed by atoms with Crippen molar-refractivity contribution in [2.75, 3.05) is 22.5 Å². The summed E-state index contributed by atoms with van der Waals surface area (Å²) in [5, 5.41) is 3.39. The van der Waals surface area contributed by atoms with E-state index in [-0.39, 0.29) is 11.7 Å². The van der Waals surface area contributed by atoms with Crippen molar-refractivity contribution in [3.63, 3.8) is 0 Å². The van der Waals surface area contributed by atoms with E-state index in [9.17, 15) is 13.2 Å². The maximum Gasteiger partial charge on any atom is 0.257 e. The lowest BCUT2D eigenvalue weighted by Crippen LogP contribution is -2.35. The molecule has 0 atom stereocenters. The summed E-state index contributed by atoms with van der Waals surface area (Å²) in [6.07, 6.45) is 0. The van der Waals surface area contributed by atoms with Crippen LogP contribution in [0.3, 0.4) is 0 Å². The average Bonchev–Trinajstić information content (AvgIpc) is 2.92. The maximum absolute atomic E-state index is 12.6. The van der Waals surface area contributed by atoms with Gasteiger partial charge in [0.1, 0.15) is 0 Å². The first-order valence-corrected chi connectivity index (χ1v) is 10.6. The molecule has 0 aromatic heterocycles. The molecule has 0 aliphatic carbocycles. The van der Waals surface area contributed by atoms with E-state index in [4.69, 9.17) is 0 Å². The van der Waals surface area contributed by atoms with E-state index in [1.807, 2.05) is 43.0 Å². The number of carbonyl (C=O) groups excluding carboxylic acids is 1. The number of rotatable bonds is 2. The Hall–Kier alpha value is -2.32. The Morgan fingerprint density at radius 3 is 2.77 bits per heavy atom. The molecular weight excluding hydrogens is 370 g/mol. The molecule has 0 bridgehead atoms. The Kier molecular flexibility index (Phi) is 4.04. The number of fused-ring (bicyclic) bond motifs is 3. The first kappa shape index (κ1) is 17.1. The minimum atomic E-state index is -3.38. The highest BCUT2D eigenvalue weighted by Gasteiger charge is 2.33. The van der Waals surface area contributed by atoms with Crippen LogP contribution in [0.5, 0.6) is 0 Å². The molecule has 2 aliphatic rings. The molecule has 0 saturated heterocycles. The van der Waals surface area contributed by atoms with Gasteiger partial charge in [-0.05, 0) is 55.4 Å². The van der Waals surface area contributed by atoms with Crippen LogP contribution in [-0.2, 0) is 10.0 Å². The van der Waals surface area contributed by atoms with Gasteiger partial charge in [0.05, 0.1) is 11.4 Å². The van der Waals surface area contributed by atoms with Gasteiger partial charge in [0.15, 0.2) is 5.17 Å². The van der Waals surface area contributed by atoms with E-state index in [0.29, 0.717) is 17.3 Å². The third-order valence-corrected chi connectivity index (χ3v) is 6.67. The largest absolute Gasteiger partial charge is 0.322 e. The summed E-state index contributed by atoms with van der Waals surface area (Å²) in [4.78, 5) is 15.3. The van der Waals surface area contributed by atoms with Crippen LogP contribution < -0.4 is 10.2 Å². The molecule has 1 N–H and O–H groups in total. The Morgan fingerprint density at radius 1 is 1.19 bits per heavy atom. The number of benzene rings is 2. The highest BCUT2D eigenvalue weighted by atomic mass is 32.2. The smallest absolute Gasteiger partial charge is 0.257 e. The molecule has 0 fully saturated rings. The van der Waals surface area contributed by atoms with Gasteiger partial charge in [0.25, 0.3) is 15.9 Å². The summed E-state index contributed by atoms with van der Waals surface area (Å²) >= 11 is 1.28. The summed E-state index contributed by atoms with van der Waals surface area (Å²) in [7, 11) is -3.38. The SMILES string of the molecule is Cc1ccc(NC(=O)c2ccc3c(c2)SC2=NS(=O)(=O)CCN23)c(C)c1. The van der Waals surface area contributed by atoms with Crippen LogP contribution in [0.25, 0.3) is 0 Å². The molecule has 0 saturated carbocycles. The zero-order chi connectivity index (χ0) is 18.5. The number of nitrogens with zero attached hydrogens (tertiary/aromatic N) is 2. The second kappa shape index (κ2) is 6.14.